The summed E-state index contributed by atoms with van der Waals surface area (Å²) in [5.41, 5.74) is 1.73. The highest BCUT2D eigenvalue weighted by Crippen LogP contribution is 2.22. The van der Waals surface area contributed by atoms with Crippen molar-refractivity contribution < 1.29 is 14.3 Å². The van der Waals surface area contributed by atoms with Gasteiger partial charge in [0.1, 0.15) is 17.1 Å². The molecule has 0 fully saturated rings. The van der Waals surface area contributed by atoms with Crippen LogP contribution in [0, 0.1) is 0 Å². The highest BCUT2D eigenvalue weighted by atomic mass is 16.5. The molecule has 2 aromatic rings. The first-order valence-corrected chi connectivity index (χ1v) is 9.46. The van der Waals surface area contributed by atoms with E-state index in [1.807, 2.05) is 52.0 Å². The molecule has 0 N–H and O–H groups in total. The molecule has 6 heteroatoms. The van der Waals surface area contributed by atoms with E-state index in [0.717, 1.165) is 11.4 Å². The molecule has 0 unspecified atom stereocenters. The third kappa shape index (κ3) is 4.15. The van der Waals surface area contributed by atoms with E-state index >= 15 is 0 Å². The summed E-state index contributed by atoms with van der Waals surface area (Å²) in [7, 11) is 1.61. The highest BCUT2D eigenvalue weighted by Gasteiger charge is 2.25. The summed E-state index contributed by atoms with van der Waals surface area (Å²) >= 11 is 0. The Morgan fingerprint density at radius 2 is 1.19 bits per heavy atom. The van der Waals surface area contributed by atoms with Gasteiger partial charge in [0, 0.05) is 31.9 Å². The van der Waals surface area contributed by atoms with E-state index in [4.69, 9.17) is 4.74 Å². The quantitative estimate of drug-likeness (QED) is 0.714. The van der Waals surface area contributed by atoms with Crippen molar-refractivity contribution in [3.8, 4) is 11.4 Å². The molecular weight excluding hydrogens is 342 g/mol. The van der Waals surface area contributed by atoms with Crippen LogP contribution in [0.2, 0.25) is 0 Å². The smallest absolute Gasteiger partial charge is 0.270 e. The van der Waals surface area contributed by atoms with Gasteiger partial charge in [-0.25, -0.2) is 0 Å². The summed E-state index contributed by atoms with van der Waals surface area (Å²) in [5, 5.41) is 0. The van der Waals surface area contributed by atoms with Gasteiger partial charge < -0.3 is 19.1 Å². The molecule has 0 radical (unpaired) electrons. The normalized spacial score (nSPS) is 10.6. The van der Waals surface area contributed by atoms with Crippen molar-refractivity contribution in [3.05, 3.63) is 47.8 Å². The number of benzene rings is 1. The lowest BCUT2D eigenvalue weighted by Crippen LogP contribution is -2.34. The van der Waals surface area contributed by atoms with Crippen LogP contribution in [0.25, 0.3) is 5.69 Å². The van der Waals surface area contributed by atoms with Crippen molar-refractivity contribution >= 4 is 11.8 Å². The zero-order valence-corrected chi connectivity index (χ0v) is 16.9. The average Bonchev–Trinajstić information content (AvgIpc) is 3.14. The van der Waals surface area contributed by atoms with Crippen LogP contribution < -0.4 is 4.74 Å². The summed E-state index contributed by atoms with van der Waals surface area (Å²) < 4.78 is 6.98. The molecule has 2 amide bonds. The summed E-state index contributed by atoms with van der Waals surface area (Å²) in [6.07, 6.45) is 0. The topological polar surface area (TPSA) is 54.8 Å². The van der Waals surface area contributed by atoms with Crippen LogP contribution >= 0.6 is 0 Å². The first-order valence-electron chi connectivity index (χ1n) is 9.46. The minimum Gasteiger partial charge on any atom is -0.497 e. The van der Waals surface area contributed by atoms with Crippen LogP contribution in [-0.2, 0) is 0 Å². The van der Waals surface area contributed by atoms with Crippen molar-refractivity contribution in [2.75, 3.05) is 33.3 Å². The third-order valence-corrected chi connectivity index (χ3v) is 4.75. The lowest BCUT2D eigenvalue weighted by molar-refractivity contribution is 0.0758. The molecular formula is C21H29N3O3. The van der Waals surface area contributed by atoms with E-state index in [-0.39, 0.29) is 11.8 Å². The van der Waals surface area contributed by atoms with E-state index in [0.29, 0.717) is 37.6 Å². The van der Waals surface area contributed by atoms with E-state index in [1.54, 1.807) is 33.6 Å². The van der Waals surface area contributed by atoms with Gasteiger partial charge in [-0.3, -0.25) is 9.59 Å². The van der Waals surface area contributed by atoms with Crippen LogP contribution in [0.4, 0.5) is 0 Å². The Kier molecular flexibility index (Phi) is 7.05. The van der Waals surface area contributed by atoms with E-state index in [2.05, 4.69) is 0 Å². The Bertz CT molecular complexity index is 731. The largest absolute Gasteiger partial charge is 0.497 e. The number of nitrogens with zero attached hydrogens (tertiary/aromatic N) is 3. The monoisotopic (exact) mass is 371 g/mol. The van der Waals surface area contributed by atoms with E-state index in [1.165, 1.54) is 0 Å². The predicted octanol–water partition coefficient (Wildman–Crippen LogP) is 3.45. The Balaban J connectivity index is 2.61. The molecule has 0 bridgehead atoms. The van der Waals surface area contributed by atoms with Crippen LogP contribution in [0.3, 0.4) is 0 Å². The minimum absolute atomic E-state index is 0.0885. The maximum Gasteiger partial charge on any atom is 0.270 e. The molecule has 1 aromatic heterocycles. The molecule has 0 saturated heterocycles. The Labute approximate surface area is 161 Å². The van der Waals surface area contributed by atoms with E-state index < -0.39 is 0 Å². The fourth-order valence-electron chi connectivity index (χ4n) is 3.13. The number of methoxy groups -OCH3 is 1. The molecule has 146 valence electrons. The molecule has 0 aliphatic heterocycles. The first-order chi connectivity index (χ1) is 13.0. The number of hydrogen-bond donors (Lipinski definition) is 0. The van der Waals surface area contributed by atoms with Crippen LogP contribution in [0.5, 0.6) is 5.75 Å². The molecule has 0 aliphatic carbocycles. The number of carbonyl (C=O) groups is 2. The molecule has 0 aliphatic rings. The Morgan fingerprint density at radius 3 is 1.52 bits per heavy atom. The highest BCUT2D eigenvalue weighted by molar-refractivity contribution is 5.99. The van der Waals surface area contributed by atoms with Crippen molar-refractivity contribution in [3.63, 3.8) is 0 Å². The number of ether oxygens (including phenoxy) is 1. The van der Waals surface area contributed by atoms with E-state index in [9.17, 15) is 9.59 Å². The Hall–Kier alpha value is -2.76. The molecule has 1 heterocycles. The third-order valence-electron chi connectivity index (χ3n) is 4.75. The van der Waals surface area contributed by atoms with Crippen LogP contribution in [0.1, 0.15) is 48.7 Å². The maximum absolute atomic E-state index is 13.0. The fraction of sp³-hybridized carbons (Fsp3) is 0.429. The SMILES string of the molecule is CCN(CC)C(=O)c1ccc(C(=O)N(CC)CC)n1-c1ccc(OC)cc1. The van der Waals surface area contributed by atoms with Gasteiger partial charge in [-0.1, -0.05) is 0 Å². The fourth-order valence-corrected chi connectivity index (χ4v) is 3.13. The van der Waals surface area contributed by atoms with Gasteiger partial charge in [0.05, 0.1) is 7.11 Å². The summed E-state index contributed by atoms with van der Waals surface area (Å²) in [4.78, 5) is 29.6. The van der Waals surface area contributed by atoms with Gasteiger partial charge >= 0.3 is 0 Å². The van der Waals surface area contributed by atoms with Gasteiger partial charge in [-0.05, 0) is 64.1 Å². The van der Waals surface area contributed by atoms with Gasteiger partial charge in [-0.2, -0.15) is 0 Å². The van der Waals surface area contributed by atoms with Crippen LogP contribution in [-0.4, -0.2) is 59.5 Å². The molecule has 6 nitrogen and oxygen atoms in total. The Morgan fingerprint density at radius 1 is 0.778 bits per heavy atom. The van der Waals surface area contributed by atoms with Gasteiger partial charge in [-0.15, -0.1) is 0 Å². The number of carbonyl (C=O) groups excluding carboxylic acids is 2. The first kappa shape index (κ1) is 20.6. The molecule has 0 spiro atoms. The zero-order valence-electron chi connectivity index (χ0n) is 16.9. The summed E-state index contributed by atoms with van der Waals surface area (Å²) in [6, 6.07) is 10.8. The van der Waals surface area contributed by atoms with Crippen molar-refractivity contribution in [1.82, 2.24) is 14.4 Å². The second kappa shape index (κ2) is 9.26. The molecule has 27 heavy (non-hydrogen) atoms. The second-order valence-electron chi connectivity index (χ2n) is 6.09. The van der Waals surface area contributed by atoms with Gasteiger partial charge in [0.15, 0.2) is 0 Å². The summed E-state index contributed by atoms with van der Waals surface area (Å²) in [6.45, 7) is 10.2. The summed E-state index contributed by atoms with van der Waals surface area (Å²) in [5.74, 6) is 0.544. The van der Waals surface area contributed by atoms with Crippen LogP contribution in [0.15, 0.2) is 36.4 Å². The predicted molar refractivity (Wildman–Crippen MR) is 107 cm³/mol. The molecule has 1 aromatic carbocycles. The standard InChI is InChI=1S/C21H29N3O3/c1-6-22(7-2)20(25)18-14-15-19(21(26)23(8-3)9-4)24(18)16-10-12-17(27-5)13-11-16/h10-15H,6-9H2,1-5H3. The number of hydrogen-bond acceptors (Lipinski definition) is 3. The average molecular weight is 371 g/mol. The maximum atomic E-state index is 13.0. The van der Waals surface area contributed by atoms with Gasteiger partial charge in [0.25, 0.3) is 11.8 Å². The number of amides is 2. The second-order valence-corrected chi connectivity index (χ2v) is 6.09. The molecule has 0 atom stereocenters. The lowest BCUT2D eigenvalue weighted by atomic mass is 10.2. The minimum atomic E-state index is -0.0885. The lowest BCUT2D eigenvalue weighted by Gasteiger charge is -2.23. The zero-order chi connectivity index (χ0) is 20.0. The van der Waals surface area contributed by atoms with Crippen molar-refractivity contribution in [2.24, 2.45) is 0 Å². The molecule has 2 rings (SSSR count). The van der Waals surface area contributed by atoms with Crippen molar-refractivity contribution in [1.29, 1.82) is 0 Å². The van der Waals surface area contributed by atoms with Crippen molar-refractivity contribution in [2.45, 2.75) is 27.7 Å². The molecule has 0 saturated carbocycles. The van der Waals surface area contributed by atoms with Gasteiger partial charge in [0.2, 0.25) is 0 Å². The number of rotatable bonds is 8. The number of aromatic nitrogens is 1.